The Labute approximate surface area is 179 Å². The molecule has 0 bridgehead atoms. The molecule has 1 N–H and O–H groups in total. The first-order chi connectivity index (χ1) is 15.0. The van der Waals surface area contributed by atoms with Crippen molar-refractivity contribution in [3.8, 4) is 11.5 Å². The van der Waals surface area contributed by atoms with E-state index >= 15 is 0 Å². The van der Waals surface area contributed by atoms with Gasteiger partial charge in [-0.05, 0) is 42.0 Å². The summed E-state index contributed by atoms with van der Waals surface area (Å²) in [5.41, 5.74) is 1.06. The molecular formula is C24H21NO6. The molecule has 2 heterocycles. The highest BCUT2D eigenvalue weighted by molar-refractivity contribution is 6.46. The fourth-order valence-electron chi connectivity index (χ4n) is 3.67. The van der Waals surface area contributed by atoms with Crippen molar-refractivity contribution in [1.82, 2.24) is 4.90 Å². The minimum Gasteiger partial charge on any atom is -0.507 e. The van der Waals surface area contributed by atoms with Gasteiger partial charge in [0.2, 0.25) is 0 Å². The van der Waals surface area contributed by atoms with Gasteiger partial charge in [-0.15, -0.1) is 0 Å². The highest BCUT2D eigenvalue weighted by Gasteiger charge is 2.46. The van der Waals surface area contributed by atoms with Crippen LogP contribution in [-0.2, 0) is 16.1 Å². The van der Waals surface area contributed by atoms with E-state index in [1.165, 1.54) is 18.3 Å². The minimum absolute atomic E-state index is 0.00924. The number of Topliss-reactive ketones (excluding diaryl/α,β-unsaturated/α-hetero) is 1. The lowest BCUT2D eigenvalue weighted by Crippen LogP contribution is -2.29. The minimum atomic E-state index is -0.790. The molecule has 1 atom stereocenters. The third-order valence-corrected chi connectivity index (χ3v) is 5.22. The van der Waals surface area contributed by atoms with Crippen LogP contribution in [0.1, 0.15) is 22.9 Å². The van der Waals surface area contributed by atoms with Gasteiger partial charge in [0.05, 0.1) is 38.6 Å². The largest absolute Gasteiger partial charge is 0.507 e. The number of ether oxygens (including phenoxy) is 2. The van der Waals surface area contributed by atoms with Gasteiger partial charge in [-0.1, -0.05) is 24.3 Å². The molecule has 1 aliphatic rings. The number of ketones is 1. The van der Waals surface area contributed by atoms with Crippen molar-refractivity contribution in [3.05, 3.63) is 89.4 Å². The Hall–Kier alpha value is -4.00. The number of carbonyl (C=O) groups excluding carboxylic acids is 2. The maximum Gasteiger partial charge on any atom is 0.296 e. The fourth-order valence-corrected chi connectivity index (χ4v) is 3.67. The van der Waals surface area contributed by atoms with Crippen molar-refractivity contribution < 1.29 is 28.6 Å². The van der Waals surface area contributed by atoms with Gasteiger partial charge in [-0.25, -0.2) is 0 Å². The van der Waals surface area contributed by atoms with Crippen molar-refractivity contribution in [2.24, 2.45) is 0 Å². The van der Waals surface area contributed by atoms with Crippen LogP contribution in [0.5, 0.6) is 11.5 Å². The SMILES string of the molecule is COc1ccc(C2/C(=C(/O)c3cccc(OC)c3)C(=O)C(=O)N2Cc2ccco2)cc1. The van der Waals surface area contributed by atoms with Gasteiger partial charge in [0.1, 0.15) is 23.0 Å². The lowest BCUT2D eigenvalue weighted by molar-refractivity contribution is -0.140. The number of hydrogen-bond acceptors (Lipinski definition) is 6. The van der Waals surface area contributed by atoms with Crippen LogP contribution in [0.25, 0.3) is 5.76 Å². The van der Waals surface area contributed by atoms with Crippen LogP contribution in [0, 0.1) is 0 Å². The molecule has 1 saturated heterocycles. The van der Waals surface area contributed by atoms with Crippen LogP contribution < -0.4 is 9.47 Å². The highest BCUT2D eigenvalue weighted by atomic mass is 16.5. The van der Waals surface area contributed by atoms with Crippen LogP contribution in [0.15, 0.2) is 76.9 Å². The Bertz CT molecular complexity index is 1130. The number of nitrogens with zero attached hydrogens (tertiary/aromatic N) is 1. The number of benzene rings is 2. The molecule has 2 aromatic carbocycles. The van der Waals surface area contributed by atoms with Crippen molar-refractivity contribution in [3.63, 3.8) is 0 Å². The second-order valence-corrected chi connectivity index (χ2v) is 7.01. The molecule has 0 radical (unpaired) electrons. The lowest BCUT2D eigenvalue weighted by atomic mass is 9.95. The van der Waals surface area contributed by atoms with E-state index in [4.69, 9.17) is 13.9 Å². The predicted molar refractivity (Wildman–Crippen MR) is 113 cm³/mol. The molecule has 0 aliphatic carbocycles. The van der Waals surface area contributed by atoms with E-state index in [2.05, 4.69) is 0 Å². The summed E-state index contributed by atoms with van der Waals surface area (Å²) < 4.78 is 15.8. The first-order valence-electron chi connectivity index (χ1n) is 9.62. The molecule has 4 rings (SSSR count). The zero-order valence-electron chi connectivity index (χ0n) is 17.1. The Balaban J connectivity index is 1.86. The normalized spacial score (nSPS) is 17.7. The maximum absolute atomic E-state index is 13.0. The standard InChI is InChI=1S/C24H21NO6/c1-29-17-10-8-15(9-11-17)21-20(22(26)16-5-3-6-18(13-16)30-2)23(27)24(28)25(21)14-19-7-4-12-31-19/h3-13,21,26H,14H2,1-2H3/b22-20-. The molecule has 158 valence electrons. The summed E-state index contributed by atoms with van der Waals surface area (Å²) >= 11 is 0. The zero-order valence-corrected chi connectivity index (χ0v) is 17.1. The number of methoxy groups -OCH3 is 2. The lowest BCUT2D eigenvalue weighted by Gasteiger charge is -2.24. The van der Waals surface area contributed by atoms with E-state index in [0.29, 0.717) is 28.4 Å². The monoisotopic (exact) mass is 419 g/mol. The average molecular weight is 419 g/mol. The van der Waals surface area contributed by atoms with Crippen molar-refractivity contribution in [1.29, 1.82) is 0 Å². The quantitative estimate of drug-likeness (QED) is 0.370. The number of aliphatic hydroxyl groups excluding tert-OH is 1. The summed E-state index contributed by atoms with van der Waals surface area (Å²) in [6, 6.07) is 16.4. The Kier molecular flexibility index (Phi) is 5.49. The molecule has 7 heteroatoms. The van der Waals surface area contributed by atoms with Crippen LogP contribution in [0.2, 0.25) is 0 Å². The summed E-state index contributed by atoms with van der Waals surface area (Å²) in [4.78, 5) is 27.4. The fraction of sp³-hybridized carbons (Fsp3) is 0.167. The smallest absolute Gasteiger partial charge is 0.296 e. The Morgan fingerprint density at radius 3 is 2.39 bits per heavy atom. The predicted octanol–water partition coefficient (Wildman–Crippen LogP) is 3.92. The molecule has 31 heavy (non-hydrogen) atoms. The maximum atomic E-state index is 13.0. The topological polar surface area (TPSA) is 89.2 Å². The molecule has 1 amide bonds. The van der Waals surface area contributed by atoms with E-state index in [1.54, 1.807) is 67.8 Å². The van der Waals surface area contributed by atoms with Gasteiger partial charge in [0.15, 0.2) is 0 Å². The Morgan fingerprint density at radius 1 is 1.00 bits per heavy atom. The summed E-state index contributed by atoms with van der Waals surface area (Å²) in [6.45, 7) is 0.0865. The van der Waals surface area contributed by atoms with E-state index < -0.39 is 17.7 Å². The average Bonchev–Trinajstić information content (AvgIpc) is 3.41. The van der Waals surface area contributed by atoms with E-state index in [-0.39, 0.29) is 17.9 Å². The van der Waals surface area contributed by atoms with E-state index in [1.807, 2.05) is 0 Å². The van der Waals surface area contributed by atoms with Crippen LogP contribution in [0.3, 0.4) is 0 Å². The molecular weight excluding hydrogens is 398 g/mol. The highest BCUT2D eigenvalue weighted by Crippen LogP contribution is 2.41. The van der Waals surface area contributed by atoms with Gasteiger partial charge in [-0.3, -0.25) is 9.59 Å². The first-order valence-corrected chi connectivity index (χ1v) is 9.62. The van der Waals surface area contributed by atoms with Crippen LogP contribution in [0.4, 0.5) is 0 Å². The number of furan rings is 1. The van der Waals surface area contributed by atoms with Crippen LogP contribution in [-0.4, -0.2) is 35.9 Å². The number of likely N-dealkylation sites (tertiary alicyclic amines) is 1. The summed E-state index contributed by atoms with van der Waals surface area (Å²) in [5, 5.41) is 11.1. The van der Waals surface area contributed by atoms with E-state index in [0.717, 1.165) is 0 Å². The first kappa shape index (κ1) is 20.3. The van der Waals surface area contributed by atoms with Crippen molar-refractivity contribution >= 4 is 17.4 Å². The molecule has 1 aliphatic heterocycles. The number of hydrogen-bond donors (Lipinski definition) is 1. The van der Waals surface area contributed by atoms with Gasteiger partial charge < -0.3 is 23.9 Å². The molecule has 0 saturated carbocycles. The Morgan fingerprint density at radius 2 is 1.74 bits per heavy atom. The summed E-state index contributed by atoms with van der Waals surface area (Å²) in [7, 11) is 3.07. The van der Waals surface area contributed by atoms with E-state index in [9.17, 15) is 14.7 Å². The molecule has 3 aromatic rings. The molecule has 1 aromatic heterocycles. The number of amides is 1. The molecule has 0 spiro atoms. The van der Waals surface area contributed by atoms with Crippen molar-refractivity contribution in [2.75, 3.05) is 14.2 Å². The van der Waals surface area contributed by atoms with Gasteiger partial charge in [-0.2, -0.15) is 0 Å². The van der Waals surface area contributed by atoms with Crippen molar-refractivity contribution in [2.45, 2.75) is 12.6 Å². The third kappa shape index (κ3) is 3.77. The zero-order chi connectivity index (χ0) is 22.0. The molecule has 1 fully saturated rings. The van der Waals surface area contributed by atoms with Gasteiger partial charge in [0, 0.05) is 5.56 Å². The summed E-state index contributed by atoms with van der Waals surface area (Å²) in [5.74, 6) is -0.0365. The third-order valence-electron chi connectivity index (χ3n) is 5.22. The number of aliphatic hydroxyl groups is 1. The summed E-state index contributed by atoms with van der Waals surface area (Å²) in [6.07, 6.45) is 1.50. The molecule has 7 nitrogen and oxygen atoms in total. The van der Waals surface area contributed by atoms with Gasteiger partial charge >= 0.3 is 0 Å². The van der Waals surface area contributed by atoms with Crippen LogP contribution >= 0.6 is 0 Å². The number of rotatable bonds is 6. The second kappa shape index (κ2) is 8.39. The molecule has 1 unspecified atom stereocenters. The second-order valence-electron chi connectivity index (χ2n) is 7.01. The number of carbonyl (C=O) groups is 2. The van der Waals surface area contributed by atoms with Gasteiger partial charge in [0.25, 0.3) is 11.7 Å².